The Kier molecular flexibility index (Phi) is 4.20. The van der Waals surface area contributed by atoms with Crippen LogP contribution in [-0.2, 0) is 9.59 Å². The Bertz CT molecular complexity index is 418. The van der Waals surface area contributed by atoms with E-state index in [4.69, 9.17) is 0 Å². The van der Waals surface area contributed by atoms with Gasteiger partial charge in [-0.1, -0.05) is 32.1 Å². The summed E-state index contributed by atoms with van der Waals surface area (Å²) in [5.41, 5.74) is -0.840. The minimum absolute atomic E-state index is 0.0360. The topological polar surface area (TPSA) is 69.6 Å². The number of piperazine rings is 1. The summed E-state index contributed by atoms with van der Waals surface area (Å²) in [5.74, 6) is -0.0896. The molecule has 3 fully saturated rings. The molecule has 0 aromatic carbocycles. The van der Waals surface area contributed by atoms with Gasteiger partial charge in [0, 0.05) is 6.04 Å². The number of amides is 2. The molecule has 0 spiro atoms. The molecule has 0 bridgehead atoms. The largest absolute Gasteiger partial charge is 0.389 e. The number of aliphatic hydroxyl groups is 1. The van der Waals surface area contributed by atoms with Crippen molar-refractivity contribution >= 4 is 11.8 Å². The van der Waals surface area contributed by atoms with Gasteiger partial charge < -0.3 is 15.3 Å². The molecule has 0 aromatic rings. The normalized spacial score (nSPS) is 32.2. The first-order valence-electron chi connectivity index (χ1n) is 8.39. The van der Waals surface area contributed by atoms with E-state index in [1.807, 2.05) is 0 Å². The summed E-state index contributed by atoms with van der Waals surface area (Å²) in [6, 6.07) is 0.251. The number of nitrogens with zero attached hydrogens (tertiary/aromatic N) is 1. The minimum atomic E-state index is -0.840. The maximum atomic E-state index is 12.7. The summed E-state index contributed by atoms with van der Waals surface area (Å²) >= 11 is 0. The molecule has 3 rings (SSSR count). The highest BCUT2D eigenvalue weighted by Gasteiger charge is 2.41. The Morgan fingerprint density at radius 1 is 1.19 bits per heavy atom. The van der Waals surface area contributed by atoms with Gasteiger partial charge >= 0.3 is 0 Å². The molecule has 1 heterocycles. The number of carbonyl (C=O) groups excluding carboxylic acids is 2. The Balaban J connectivity index is 1.68. The molecule has 2 unspecified atom stereocenters. The molecular formula is C16H26N2O3. The van der Waals surface area contributed by atoms with E-state index in [1.165, 1.54) is 0 Å². The first kappa shape index (κ1) is 14.8. The van der Waals surface area contributed by atoms with Crippen LogP contribution in [0.3, 0.4) is 0 Å². The van der Waals surface area contributed by atoms with Crippen molar-refractivity contribution in [1.29, 1.82) is 0 Å². The predicted octanol–water partition coefficient (Wildman–Crippen LogP) is 1.34. The summed E-state index contributed by atoms with van der Waals surface area (Å²) < 4.78 is 0. The van der Waals surface area contributed by atoms with E-state index >= 15 is 0 Å². The van der Waals surface area contributed by atoms with Crippen LogP contribution >= 0.6 is 0 Å². The summed E-state index contributed by atoms with van der Waals surface area (Å²) in [4.78, 5) is 26.2. The molecule has 0 aromatic heterocycles. The summed E-state index contributed by atoms with van der Waals surface area (Å²) in [6.07, 6.45) is 8.92. The van der Waals surface area contributed by atoms with Crippen LogP contribution in [0.15, 0.2) is 0 Å². The van der Waals surface area contributed by atoms with E-state index in [9.17, 15) is 14.7 Å². The molecule has 5 nitrogen and oxygen atoms in total. The minimum Gasteiger partial charge on any atom is -0.389 e. The second-order valence-electron chi connectivity index (χ2n) is 7.01. The zero-order valence-corrected chi connectivity index (χ0v) is 12.6. The molecule has 5 heteroatoms. The molecule has 1 saturated heterocycles. The van der Waals surface area contributed by atoms with Crippen LogP contribution in [-0.4, -0.2) is 46.1 Å². The molecule has 118 valence electrons. The molecule has 2 N–H and O–H groups in total. The van der Waals surface area contributed by atoms with Crippen molar-refractivity contribution in [1.82, 2.24) is 10.2 Å². The van der Waals surface area contributed by atoms with Crippen molar-refractivity contribution in [2.45, 2.75) is 81.9 Å². The van der Waals surface area contributed by atoms with Crippen LogP contribution in [0.1, 0.15) is 64.2 Å². The smallest absolute Gasteiger partial charge is 0.239 e. The van der Waals surface area contributed by atoms with Crippen LogP contribution in [0.4, 0.5) is 0 Å². The van der Waals surface area contributed by atoms with Crippen molar-refractivity contribution in [3.8, 4) is 0 Å². The lowest BCUT2D eigenvalue weighted by molar-refractivity contribution is -0.149. The quantitative estimate of drug-likeness (QED) is 0.807. The van der Waals surface area contributed by atoms with E-state index in [0.717, 1.165) is 44.9 Å². The average Bonchev–Trinajstić information content (AvgIpc) is 2.46. The summed E-state index contributed by atoms with van der Waals surface area (Å²) in [6.45, 7) is 0.163. The standard InChI is InChI=1S/C16H26N2O3/c19-14-11-18(13-7-3-2-6-12(13)17-14)15(20)10-16(21)8-4-1-5-9-16/h12-13,21H,1-11H2,(H,17,19). The fourth-order valence-electron chi connectivity index (χ4n) is 4.22. The lowest BCUT2D eigenvalue weighted by atomic mass is 9.81. The second-order valence-corrected chi connectivity index (χ2v) is 7.01. The van der Waals surface area contributed by atoms with Crippen molar-refractivity contribution in [3.63, 3.8) is 0 Å². The zero-order chi connectivity index (χ0) is 14.9. The van der Waals surface area contributed by atoms with Gasteiger partial charge in [-0.25, -0.2) is 0 Å². The first-order chi connectivity index (χ1) is 10.1. The Labute approximate surface area is 126 Å². The van der Waals surface area contributed by atoms with Gasteiger partial charge in [0.05, 0.1) is 24.6 Å². The van der Waals surface area contributed by atoms with Crippen molar-refractivity contribution < 1.29 is 14.7 Å². The Morgan fingerprint density at radius 2 is 1.90 bits per heavy atom. The fraction of sp³-hybridized carbons (Fsp3) is 0.875. The predicted molar refractivity (Wildman–Crippen MR) is 78.6 cm³/mol. The monoisotopic (exact) mass is 294 g/mol. The molecule has 3 aliphatic rings. The van der Waals surface area contributed by atoms with Crippen LogP contribution < -0.4 is 5.32 Å². The van der Waals surface area contributed by atoms with Gasteiger partial charge in [0.15, 0.2) is 0 Å². The van der Waals surface area contributed by atoms with Crippen LogP contribution in [0.2, 0.25) is 0 Å². The molecular weight excluding hydrogens is 268 g/mol. The number of fused-ring (bicyclic) bond motifs is 1. The molecule has 2 atom stereocenters. The third kappa shape index (κ3) is 3.23. The maximum Gasteiger partial charge on any atom is 0.239 e. The molecule has 2 saturated carbocycles. The number of hydrogen-bond donors (Lipinski definition) is 2. The lowest BCUT2D eigenvalue weighted by Gasteiger charge is -2.45. The van der Waals surface area contributed by atoms with Gasteiger partial charge in [0.25, 0.3) is 0 Å². The molecule has 2 amide bonds. The molecule has 21 heavy (non-hydrogen) atoms. The maximum absolute atomic E-state index is 12.7. The Morgan fingerprint density at radius 3 is 2.67 bits per heavy atom. The van der Waals surface area contributed by atoms with Gasteiger partial charge in [0.2, 0.25) is 11.8 Å². The van der Waals surface area contributed by atoms with Crippen LogP contribution in [0, 0.1) is 0 Å². The van der Waals surface area contributed by atoms with Crippen molar-refractivity contribution in [2.75, 3.05) is 6.54 Å². The highest BCUT2D eigenvalue weighted by atomic mass is 16.3. The van der Waals surface area contributed by atoms with Crippen LogP contribution in [0.5, 0.6) is 0 Å². The lowest BCUT2D eigenvalue weighted by Crippen LogP contribution is -2.63. The van der Waals surface area contributed by atoms with Crippen molar-refractivity contribution in [2.24, 2.45) is 0 Å². The zero-order valence-electron chi connectivity index (χ0n) is 12.6. The van der Waals surface area contributed by atoms with Crippen LogP contribution in [0.25, 0.3) is 0 Å². The fourth-order valence-corrected chi connectivity index (χ4v) is 4.22. The number of rotatable bonds is 2. The number of carbonyl (C=O) groups is 2. The van der Waals surface area contributed by atoms with E-state index in [-0.39, 0.29) is 36.9 Å². The van der Waals surface area contributed by atoms with Gasteiger partial charge in [-0.3, -0.25) is 9.59 Å². The SMILES string of the molecule is O=C1CN(C(=O)CC2(O)CCCCC2)C2CCCCC2N1. The third-order valence-corrected chi connectivity index (χ3v) is 5.38. The summed E-state index contributed by atoms with van der Waals surface area (Å²) in [5, 5.41) is 13.6. The summed E-state index contributed by atoms with van der Waals surface area (Å²) in [7, 11) is 0. The van der Waals surface area contributed by atoms with Gasteiger partial charge in [0.1, 0.15) is 0 Å². The van der Waals surface area contributed by atoms with Crippen molar-refractivity contribution in [3.05, 3.63) is 0 Å². The van der Waals surface area contributed by atoms with Gasteiger partial charge in [-0.05, 0) is 25.7 Å². The van der Waals surface area contributed by atoms with E-state index in [2.05, 4.69) is 5.32 Å². The van der Waals surface area contributed by atoms with Gasteiger partial charge in [-0.15, -0.1) is 0 Å². The third-order valence-electron chi connectivity index (χ3n) is 5.38. The highest BCUT2D eigenvalue weighted by molar-refractivity contribution is 5.87. The molecule has 0 radical (unpaired) electrons. The molecule has 2 aliphatic carbocycles. The second kappa shape index (κ2) is 5.95. The molecule has 1 aliphatic heterocycles. The van der Waals surface area contributed by atoms with E-state index < -0.39 is 5.60 Å². The first-order valence-corrected chi connectivity index (χ1v) is 8.39. The number of nitrogens with one attached hydrogen (secondary N) is 1. The van der Waals surface area contributed by atoms with E-state index in [1.54, 1.807) is 4.90 Å². The van der Waals surface area contributed by atoms with Gasteiger partial charge in [-0.2, -0.15) is 0 Å². The number of hydrogen-bond acceptors (Lipinski definition) is 3. The Hall–Kier alpha value is -1.10. The van der Waals surface area contributed by atoms with E-state index in [0.29, 0.717) is 12.8 Å². The highest BCUT2D eigenvalue weighted by Crippen LogP contribution is 2.33. The average molecular weight is 294 g/mol.